The topological polar surface area (TPSA) is 102 Å². The molecule has 11 heteroatoms. The average molecular weight is 500 g/mol. The molecular weight excluding hydrogens is 477 g/mol. The van der Waals surface area contributed by atoms with Gasteiger partial charge < -0.3 is 14.3 Å². The molecule has 186 valence electrons. The first-order chi connectivity index (χ1) is 18.1. The highest BCUT2D eigenvalue weighted by Crippen LogP contribution is 2.24. The fraction of sp³-hybridized carbons (Fsp3) is 0.192. The monoisotopic (exact) mass is 499 g/mol. The van der Waals surface area contributed by atoms with Gasteiger partial charge in [0.25, 0.3) is 5.89 Å². The second-order valence-electron chi connectivity index (χ2n) is 8.69. The van der Waals surface area contributed by atoms with Crippen molar-refractivity contribution in [1.29, 1.82) is 0 Å². The summed E-state index contributed by atoms with van der Waals surface area (Å²) in [6.45, 7) is 2.03. The Morgan fingerprint density at radius 3 is 2.46 bits per heavy atom. The number of halogens is 1. The van der Waals surface area contributed by atoms with Crippen molar-refractivity contribution in [3.8, 4) is 22.8 Å². The zero-order valence-corrected chi connectivity index (χ0v) is 19.7. The van der Waals surface area contributed by atoms with Gasteiger partial charge in [-0.1, -0.05) is 35.5 Å². The maximum Gasteiger partial charge on any atom is 0.350 e. The smallest absolute Gasteiger partial charge is 0.350 e. The quantitative estimate of drug-likeness (QED) is 0.366. The fourth-order valence-electron chi connectivity index (χ4n) is 4.44. The lowest BCUT2D eigenvalue weighted by molar-refractivity contribution is -0.132. The largest absolute Gasteiger partial charge is 0.368 e. The molecule has 37 heavy (non-hydrogen) atoms. The number of aromatic nitrogens is 5. The highest BCUT2D eigenvalue weighted by molar-refractivity contribution is 5.77. The molecule has 0 saturated carbocycles. The van der Waals surface area contributed by atoms with Gasteiger partial charge in [0, 0.05) is 43.6 Å². The standard InChI is InChI=1S/C26H22FN7O3/c27-19-8-10-20(11-9-19)31-13-15-32(16-14-31)22(35)17-34-26(36)33-12-4-7-21(24(33)29-34)25-28-23(30-37-25)18-5-2-1-3-6-18/h1-12H,13-17H2. The van der Waals surface area contributed by atoms with Crippen LogP contribution in [0.5, 0.6) is 0 Å². The first kappa shape index (κ1) is 22.7. The van der Waals surface area contributed by atoms with Gasteiger partial charge in [-0.25, -0.2) is 18.3 Å². The van der Waals surface area contributed by atoms with Gasteiger partial charge in [0.1, 0.15) is 12.4 Å². The third-order valence-electron chi connectivity index (χ3n) is 6.41. The average Bonchev–Trinajstić information content (AvgIpc) is 3.55. The molecular formula is C26H22FN7O3. The summed E-state index contributed by atoms with van der Waals surface area (Å²) in [7, 11) is 0. The molecule has 2 aromatic carbocycles. The number of piperazine rings is 1. The number of hydrogen-bond acceptors (Lipinski definition) is 7. The van der Waals surface area contributed by atoms with Crippen molar-refractivity contribution in [2.45, 2.75) is 6.54 Å². The maximum absolute atomic E-state index is 13.2. The van der Waals surface area contributed by atoms with E-state index in [4.69, 9.17) is 4.52 Å². The van der Waals surface area contributed by atoms with Gasteiger partial charge in [0.05, 0.1) is 5.56 Å². The Morgan fingerprint density at radius 1 is 0.946 bits per heavy atom. The van der Waals surface area contributed by atoms with Crippen LogP contribution in [-0.2, 0) is 11.3 Å². The molecule has 0 unspecified atom stereocenters. The molecule has 0 N–H and O–H groups in total. The van der Waals surface area contributed by atoms with Crippen molar-refractivity contribution in [2.24, 2.45) is 0 Å². The first-order valence-electron chi connectivity index (χ1n) is 11.8. The van der Waals surface area contributed by atoms with E-state index in [1.807, 2.05) is 30.3 Å². The molecule has 0 bridgehead atoms. The number of anilines is 1. The lowest BCUT2D eigenvalue weighted by atomic mass is 10.2. The molecule has 4 heterocycles. The van der Waals surface area contributed by atoms with E-state index in [1.54, 1.807) is 35.4 Å². The van der Waals surface area contributed by atoms with Gasteiger partial charge in [0.15, 0.2) is 5.65 Å². The molecule has 3 aromatic heterocycles. The second-order valence-corrected chi connectivity index (χ2v) is 8.69. The number of benzene rings is 2. The molecule has 1 saturated heterocycles. The minimum atomic E-state index is -0.432. The van der Waals surface area contributed by atoms with Gasteiger partial charge in [0.2, 0.25) is 11.7 Å². The Morgan fingerprint density at radius 2 is 1.70 bits per heavy atom. The second kappa shape index (κ2) is 9.34. The maximum atomic E-state index is 13.2. The van der Waals surface area contributed by atoms with E-state index in [9.17, 15) is 14.0 Å². The molecule has 1 fully saturated rings. The zero-order valence-electron chi connectivity index (χ0n) is 19.7. The van der Waals surface area contributed by atoms with E-state index in [2.05, 4.69) is 20.1 Å². The van der Waals surface area contributed by atoms with Crippen molar-refractivity contribution in [2.75, 3.05) is 31.1 Å². The molecule has 6 rings (SSSR count). The molecule has 1 aliphatic heterocycles. The van der Waals surface area contributed by atoms with Crippen LogP contribution >= 0.6 is 0 Å². The summed E-state index contributed by atoms with van der Waals surface area (Å²) in [5, 5.41) is 8.47. The van der Waals surface area contributed by atoms with Crippen LogP contribution in [0, 0.1) is 5.82 Å². The summed E-state index contributed by atoms with van der Waals surface area (Å²) in [5.41, 5.74) is 2.10. The Kier molecular flexibility index (Phi) is 5.72. The number of rotatable bonds is 5. The van der Waals surface area contributed by atoms with Crippen LogP contribution in [0.2, 0.25) is 0 Å². The van der Waals surface area contributed by atoms with Gasteiger partial charge in [-0.3, -0.25) is 4.79 Å². The lowest BCUT2D eigenvalue weighted by Gasteiger charge is -2.36. The van der Waals surface area contributed by atoms with Crippen LogP contribution in [0.15, 0.2) is 82.2 Å². The normalized spacial score (nSPS) is 13.9. The molecule has 10 nitrogen and oxygen atoms in total. The van der Waals surface area contributed by atoms with Crippen molar-refractivity contribution >= 4 is 17.2 Å². The van der Waals surface area contributed by atoms with Crippen LogP contribution in [-0.4, -0.2) is 61.3 Å². The Hall–Kier alpha value is -4.80. The molecule has 1 amide bonds. The van der Waals surface area contributed by atoms with Crippen molar-refractivity contribution < 1.29 is 13.7 Å². The van der Waals surface area contributed by atoms with Crippen LogP contribution in [0.4, 0.5) is 10.1 Å². The van der Waals surface area contributed by atoms with E-state index < -0.39 is 5.69 Å². The van der Waals surface area contributed by atoms with E-state index in [1.165, 1.54) is 16.5 Å². The number of amides is 1. The number of carbonyl (C=O) groups is 1. The molecule has 5 aromatic rings. The Balaban J connectivity index is 1.20. The predicted molar refractivity (Wildman–Crippen MR) is 133 cm³/mol. The highest BCUT2D eigenvalue weighted by Gasteiger charge is 2.24. The minimum absolute atomic E-state index is 0.185. The lowest BCUT2D eigenvalue weighted by Crippen LogP contribution is -2.50. The summed E-state index contributed by atoms with van der Waals surface area (Å²) in [6, 6.07) is 19.2. The van der Waals surface area contributed by atoms with Gasteiger partial charge in [-0.05, 0) is 36.4 Å². The number of fused-ring (bicyclic) bond motifs is 1. The van der Waals surface area contributed by atoms with Gasteiger partial charge >= 0.3 is 5.69 Å². The molecule has 0 aliphatic carbocycles. The summed E-state index contributed by atoms with van der Waals surface area (Å²) >= 11 is 0. The van der Waals surface area contributed by atoms with Crippen molar-refractivity contribution in [3.63, 3.8) is 0 Å². The van der Waals surface area contributed by atoms with Crippen molar-refractivity contribution in [1.82, 2.24) is 29.2 Å². The van der Waals surface area contributed by atoms with Crippen LogP contribution in [0.1, 0.15) is 0 Å². The SMILES string of the molecule is O=C(Cn1nc2c(-c3nc(-c4ccccc4)no3)cccn2c1=O)N1CCN(c2ccc(F)cc2)CC1. The van der Waals surface area contributed by atoms with E-state index >= 15 is 0 Å². The molecule has 0 spiro atoms. The number of pyridine rings is 1. The van der Waals surface area contributed by atoms with Crippen molar-refractivity contribution in [3.05, 3.63) is 89.2 Å². The first-order valence-corrected chi connectivity index (χ1v) is 11.8. The zero-order chi connectivity index (χ0) is 25.4. The van der Waals surface area contributed by atoms with Crippen LogP contribution in [0.25, 0.3) is 28.5 Å². The number of hydrogen-bond donors (Lipinski definition) is 0. The highest BCUT2D eigenvalue weighted by atomic mass is 19.1. The summed E-state index contributed by atoms with van der Waals surface area (Å²) in [4.78, 5) is 34.3. The molecule has 1 aliphatic rings. The fourth-order valence-corrected chi connectivity index (χ4v) is 4.44. The Labute approximate surface area is 210 Å². The van der Waals surface area contributed by atoms with E-state index in [0.29, 0.717) is 43.2 Å². The summed E-state index contributed by atoms with van der Waals surface area (Å²) < 4.78 is 21.2. The third kappa shape index (κ3) is 4.35. The van der Waals surface area contributed by atoms with Gasteiger partial charge in [-0.15, -0.1) is 5.10 Å². The van der Waals surface area contributed by atoms with E-state index in [-0.39, 0.29) is 24.2 Å². The summed E-state index contributed by atoms with van der Waals surface area (Å²) in [6.07, 6.45) is 1.59. The number of carbonyl (C=O) groups excluding carboxylic acids is 1. The van der Waals surface area contributed by atoms with Gasteiger partial charge in [-0.2, -0.15) is 4.98 Å². The Bertz CT molecular complexity index is 1620. The summed E-state index contributed by atoms with van der Waals surface area (Å²) in [5.74, 6) is 0.170. The molecule has 0 radical (unpaired) electrons. The number of nitrogens with zero attached hydrogens (tertiary/aromatic N) is 7. The third-order valence-corrected chi connectivity index (χ3v) is 6.41. The van der Waals surface area contributed by atoms with E-state index in [0.717, 1.165) is 15.9 Å². The minimum Gasteiger partial charge on any atom is -0.368 e. The van der Waals surface area contributed by atoms with Crippen LogP contribution in [0.3, 0.4) is 0 Å². The molecule has 0 atom stereocenters. The van der Waals surface area contributed by atoms with Crippen LogP contribution < -0.4 is 10.6 Å². The predicted octanol–water partition coefficient (Wildman–Crippen LogP) is 2.70.